The lowest BCUT2D eigenvalue weighted by molar-refractivity contribution is -0.127. The monoisotopic (exact) mass is 393 g/mol. The van der Waals surface area contributed by atoms with Gasteiger partial charge >= 0.3 is 0 Å². The van der Waals surface area contributed by atoms with E-state index in [1.165, 1.54) is 0 Å². The molecule has 6 heteroatoms. The first kappa shape index (κ1) is 20.7. The number of hydrogen-bond acceptors (Lipinski definition) is 5. The van der Waals surface area contributed by atoms with Crippen molar-refractivity contribution in [3.05, 3.63) is 71.6 Å². The Morgan fingerprint density at radius 2 is 1.97 bits per heavy atom. The highest BCUT2D eigenvalue weighted by Gasteiger charge is 2.26. The van der Waals surface area contributed by atoms with Crippen molar-refractivity contribution in [2.45, 2.75) is 39.8 Å². The molecule has 0 aliphatic carbocycles. The fourth-order valence-corrected chi connectivity index (χ4v) is 3.00. The van der Waals surface area contributed by atoms with Crippen molar-refractivity contribution in [3.8, 4) is 11.4 Å². The third kappa shape index (κ3) is 5.74. The fourth-order valence-electron chi connectivity index (χ4n) is 3.00. The summed E-state index contributed by atoms with van der Waals surface area (Å²) >= 11 is 0. The van der Waals surface area contributed by atoms with E-state index in [1.54, 1.807) is 0 Å². The van der Waals surface area contributed by atoms with Crippen LogP contribution in [0.5, 0.6) is 0 Å². The maximum absolute atomic E-state index is 12.4. The third-order valence-corrected chi connectivity index (χ3v) is 4.86. The van der Waals surface area contributed by atoms with E-state index in [0.717, 1.165) is 23.1 Å². The summed E-state index contributed by atoms with van der Waals surface area (Å²) in [6, 6.07) is 17.3. The fraction of sp³-hybridized carbons (Fsp3) is 0.348. The molecule has 1 N–H and O–H groups in total. The Morgan fingerprint density at radius 1 is 1.17 bits per heavy atom. The molecule has 0 aliphatic heterocycles. The highest BCUT2D eigenvalue weighted by Crippen LogP contribution is 2.26. The van der Waals surface area contributed by atoms with Gasteiger partial charge in [0.25, 0.3) is 0 Å². The Hall–Kier alpha value is -2.99. The largest absolute Gasteiger partial charge is 0.367 e. The second kappa shape index (κ2) is 9.98. The van der Waals surface area contributed by atoms with Gasteiger partial charge in [-0.15, -0.1) is 0 Å². The Labute approximate surface area is 171 Å². The summed E-state index contributed by atoms with van der Waals surface area (Å²) in [6.45, 7) is 6.49. The van der Waals surface area contributed by atoms with E-state index < -0.39 is 0 Å². The first-order valence-corrected chi connectivity index (χ1v) is 9.88. The Morgan fingerprint density at radius 3 is 2.69 bits per heavy atom. The van der Waals surface area contributed by atoms with Crippen LogP contribution >= 0.6 is 0 Å². The minimum Gasteiger partial charge on any atom is -0.367 e. The molecule has 29 heavy (non-hydrogen) atoms. The Bertz CT molecular complexity index is 924. The number of carbonyl (C=O) groups is 1. The van der Waals surface area contributed by atoms with Crippen LogP contribution in [0.3, 0.4) is 0 Å². The lowest BCUT2D eigenvalue weighted by Crippen LogP contribution is -2.35. The van der Waals surface area contributed by atoms with Crippen molar-refractivity contribution < 1.29 is 14.1 Å². The molecular weight excluding hydrogens is 366 g/mol. The van der Waals surface area contributed by atoms with Crippen LogP contribution in [-0.4, -0.2) is 22.7 Å². The molecule has 3 aromatic rings. The molecule has 2 atom stereocenters. The van der Waals surface area contributed by atoms with Gasteiger partial charge in [0, 0.05) is 5.56 Å². The van der Waals surface area contributed by atoms with Crippen molar-refractivity contribution in [2.24, 2.45) is 5.92 Å². The molecule has 0 aliphatic rings. The number of carbonyl (C=O) groups excluding carboxylic acids is 1. The molecule has 2 unspecified atom stereocenters. The molecule has 0 saturated heterocycles. The molecule has 2 aromatic carbocycles. The third-order valence-electron chi connectivity index (χ3n) is 4.86. The molecule has 1 aromatic heterocycles. The van der Waals surface area contributed by atoms with Gasteiger partial charge in [-0.3, -0.25) is 4.79 Å². The number of aryl methyl sites for hydroxylation is 1. The van der Waals surface area contributed by atoms with Crippen LogP contribution in [0.15, 0.2) is 59.1 Å². The topological polar surface area (TPSA) is 77.2 Å². The van der Waals surface area contributed by atoms with Gasteiger partial charge in [0.1, 0.15) is 12.6 Å². The highest BCUT2D eigenvalue weighted by atomic mass is 16.5. The van der Waals surface area contributed by atoms with E-state index in [0.29, 0.717) is 18.3 Å². The summed E-state index contributed by atoms with van der Waals surface area (Å²) in [7, 11) is 0. The number of aromatic nitrogens is 2. The molecule has 6 nitrogen and oxygen atoms in total. The van der Waals surface area contributed by atoms with Gasteiger partial charge in [-0.2, -0.15) is 4.98 Å². The van der Waals surface area contributed by atoms with E-state index in [2.05, 4.69) is 22.4 Å². The number of amides is 1. The van der Waals surface area contributed by atoms with Crippen LogP contribution in [0.1, 0.15) is 43.3 Å². The summed E-state index contributed by atoms with van der Waals surface area (Å²) < 4.78 is 11.0. The maximum atomic E-state index is 12.4. The summed E-state index contributed by atoms with van der Waals surface area (Å²) in [4.78, 5) is 17.0. The van der Waals surface area contributed by atoms with Gasteiger partial charge in [0.05, 0.1) is 6.61 Å². The van der Waals surface area contributed by atoms with E-state index in [1.807, 2.05) is 68.4 Å². The molecule has 0 radical (unpaired) electrons. The molecule has 1 heterocycles. The standard InChI is InChI=1S/C23H27N3O3/c1-4-17(3)21(24-20(27)15-28-14-18-10-6-5-7-11-18)23-25-22(26-29-23)19-12-8-9-16(2)13-19/h5-13,17,21H,4,14-15H2,1-3H3,(H,24,27). The molecule has 152 valence electrons. The van der Waals surface area contributed by atoms with Gasteiger partial charge in [-0.05, 0) is 24.5 Å². The van der Waals surface area contributed by atoms with Gasteiger partial charge in [-0.1, -0.05) is 79.5 Å². The minimum atomic E-state index is -0.362. The minimum absolute atomic E-state index is 0.0271. The van der Waals surface area contributed by atoms with E-state index >= 15 is 0 Å². The summed E-state index contributed by atoms with van der Waals surface area (Å²) in [5.74, 6) is 0.860. The van der Waals surface area contributed by atoms with Gasteiger partial charge in [0.15, 0.2) is 0 Å². The van der Waals surface area contributed by atoms with Crippen molar-refractivity contribution in [3.63, 3.8) is 0 Å². The molecule has 1 amide bonds. The average Bonchev–Trinajstić information content (AvgIpc) is 3.22. The SMILES string of the molecule is CCC(C)C(NC(=O)COCc1ccccc1)c1nc(-c2cccc(C)c2)no1. The van der Waals surface area contributed by atoms with Gasteiger partial charge in [-0.25, -0.2) is 0 Å². The predicted molar refractivity (Wildman–Crippen MR) is 111 cm³/mol. The normalized spacial score (nSPS) is 13.1. The average molecular weight is 393 g/mol. The molecule has 0 fully saturated rings. The predicted octanol–water partition coefficient (Wildman–Crippen LogP) is 4.47. The van der Waals surface area contributed by atoms with E-state index in [-0.39, 0.29) is 24.5 Å². The van der Waals surface area contributed by atoms with Crippen molar-refractivity contribution in [1.82, 2.24) is 15.5 Å². The quantitative estimate of drug-likeness (QED) is 0.580. The maximum Gasteiger partial charge on any atom is 0.249 e. The van der Waals surface area contributed by atoms with Crippen LogP contribution in [0.25, 0.3) is 11.4 Å². The van der Waals surface area contributed by atoms with Crippen LogP contribution in [-0.2, 0) is 16.1 Å². The van der Waals surface area contributed by atoms with Crippen LogP contribution < -0.4 is 5.32 Å². The number of rotatable bonds is 9. The first-order chi connectivity index (χ1) is 14.1. The zero-order valence-corrected chi connectivity index (χ0v) is 17.1. The second-order valence-electron chi connectivity index (χ2n) is 7.23. The molecule has 0 bridgehead atoms. The zero-order chi connectivity index (χ0) is 20.6. The van der Waals surface area contributed by atoms with Gasteiger partial charge in [0.2, 0.25) is 17.6 Å². The van der Waals surface area contributed by atoms with Crippen LogP contribution in [0.4, 0.5) is 0 Å². The summed E-state index contributed by atoms with van der Waals surface area (Å²) in [5, 5.41) is 7.09. The van der Waals surface area contributed by atoms with Crippen LogP contribution in [0, 0.1) is 12.8 Å². The smallest absolute Gasteiger partial charge is 0.249 e. The second-order valence-corrected chi connectivity index (χ2v) is 7.23. The summed E-state index contributed by atoms with van der Waals surface area (Å²) in [5.41, 5.74) is 3.04. The summed E-state index contributed by atoms with van der Waals surface area (Å²) in [6.07, 6.45) is 0.859. The van der Waals surface area contributed by atoms with Crippen molar-refractivity contribution >= 4 is 5.91 Å². The molecule has 3 rings (SSSR count). The molecule has 0 saturated carbocycles. The lowest BCUT2D eigenvalue weighted by atomic mass is 9.99. The van der Waals surface area contributed by atoms with E-state index in [9.17, 15) is 4.79 Å². The number of hydrogen-bond donors (Lipinski definition) is 1. The van der Waals surface area contributed by atoms with E-state index in [4.69, 9.17) is 9.26 Å². The number of ether oxygens (including phenoxy) is 1. The number of nitrogens with zero attached hydrogens (tertiary/aromatic N) is 2. The van der Waals surface area contributed by atoms with Crippen molar-refractivity contribution in [2.75, 3.05) is 6.61 Å². The van der Waals surface area contributed by atoms with Crippen LogP contribution in [0.2, 0.25) is 0 Å². The number of benzene rings is 2. The van der Waals surface area contributed by atoms with Crippen molar-refractivity contribution in [1.29, 1.82) is 0 Å². The zero-order valence-electron chi connectivity index (χ0n) is 17.1. The first-order valence-electron chi connectivity index (χ1n) is 9.88. The highest BCUT2D eigenvalue weighted by molar-refractivity contribution is 5.77. The molecule has 0 spiro atoms. The van der Waals surface area contributed by atoms with Gasteiger partial charge < -0.3 is 14.6 Å². The molecular formula is C23H27N3O3. The lowest BCUT2D eigenvalue weighted by Gasteiger charge is -2.20. The number of nitrogens with one attached hydrogen (secondary N) is 1. The Kier molecular flexibility index (Phi) is 7.14. The Balaban J connectivity index is 1.64.